The molecule has 9 rings (SSSR count). The second kappa shape index (κ2) is 9.93. The summed E-state index contributed by atoms with van der Waals surface area (Å²) < 4.78 is 252. The van der Waals surface area contributed by atoms with Crippen LogP contribution in [0.1, 0.15) is 38.4 Å². The van der Waals surface area contributed by atoms with Crippen LogP contribution in [0.25, 0.3) is 87.2 Å². The van der Waals surface area contributed by atoms with Gasteiger partial charge in [0.05, 0.1) is 38.4 Å². The van der Waals surface area contributed by atoms with Gasteiger partial charge in [-0.1, -0.05) is 151 Å². The van der Waals surface area contributed by atoms with Gasteiger partial charge in [0.2, 0.25) is 0 Å². The van der Waals surface area contributed by atoms with Crippen molar-refractivity contribution in [2.45, 2.75) is 0 Å². The molecule has 0 unspecified atom stereocenters. The minimum atomic E-state index is -1.12. The molecule has 0 fully saturated rings. The molecule has 0 atom stereocenters. The molecule has 9 aromatic rings. The molecular formula is C44H28. The maximum atomic E-state index is 10.2. The summed E-state index contributed by atoms with van der Waals surface area (Å²) in [5, 5.41) is -7.21. The van der Waals surface area contributed by atoms with Crippen molar-refractivity contribution in [1.82, 2.24) is 0 Å². The van der Waals surface area contributed by atoms with E-state index in [1.54, 1.807) is 0 Å². The van der Waals surface area contributed by atoms with E-state index < -0.39 is 256 Å². The first-order chi connectivity index (χ1) is 33.5. The van der Waals surface area contributed by atoms with Gasteiger partial charge in [-0.05, 0) is 105 Å². The van der Waals surface area contributed by atoms with Gasteiger partial charge in [0.1, 0.15) is 0 Å². The van der Waals surface area contributed by atoms with E-state index in [1.807, 2.05) is 0 Å². The number of fused-ring (bicyclic) bond motifs is 5. The Morgan fingerprint density at radius 1 is 0.273 bits per heavy atom. The summed E-state index contributed by atoms with van der Waals surface area (Å²) in [5.41, 5.74) is -5.02. The largest absolute Gasteiger partial charge is 0.0636 e. The van der Waals surface area contributed by atoms with E-state index in [0.717, 1.165) is 0 Å². The molecule has 0 nitrogen and oxygen atoms in total. The van der Waals surface area contributed by atoms with E-state index in [4.69, 9.17) is 23.3 Å². The van der Waals surface area contributed by atoms with Crippen molar-refractivity contribution in [3.05, 3.63) is 169 Å². The summed E-state index contributed by atoms with van der Waals surface area (Å²) in [7, 11) is 0. The van der Waals surface area contributed by atoms with Crippen LogP contribution in [0, 0.1) is 0 Å². The molecule has 0 aliphatic heterocycles. The predicted molar refractivity (Wildman–Crippen MR) is 190 cm³/mol. The van der Waals surface area contributed by atoms with Crippen molar-refractivity contribution in [2.24, 2.45) is 0 Å². The molecule has 0 amide bonds. The first-order valence-electron chi connectivity index (χ1n) is 27.0. The molecule has 0 spiro atoms. The van der Waals surface area contributed by atoms with Crippen molar-refractivity contribution in [2.75, 3.05) is 0 Å². The lowest BCUT2D eigenvalue weighted by Gasteiger charge is -2.19. The van der Waals surface area contributed by atoms with Gasteiger partial charge in [0.25, 0.3) is 0 Å². The first kappa shape index (κ1) is 9.64. The highest BCUT2D eigenvalue weighted by Crippen LogP contribution is 2.46. The van der Waals surface area contributed by atoms with Crippen molar-refractivity contribution in [3.8, 4) is 33.4 Å². The Kier molecular flexibility index (Phi) is 2.18. The molecule has 0 bridgehead atoms. The Balaban J connectivity index is 1.72. The van der Waals surface area contributed by atoms with Crippen LogP contribution in [0.4, 0.5) is 0 Å². The van der Waals surface area contributed by atoms with Gasteiger partial charge < -0.3 is 0 Å². The Morgan fingerprint density at radius 3 is 1.36 bits per heavy atom. The smallest absolute Gasteiger partial charge is 0.0616 e. The van der Waals surface area contributed by atoms with Gasteiger partial charge in [-0.25, -0.2) is 0 Å². The zero-order chi connectivity index (χ0) is 53.4. The Morgan fingerprint density at radius 2 is 0.727 bits per heavy atom. The summed E-state index contributed by atoms with van der Waals surface area (Å²) >= 11 is 0. The molecule has 204 valence electrons. The molecular weight excluding hydrogens is 528 g/mol. The van der Waals surface area contributed by atoms with Gasteiger partial charge in [0, 0.05) is 0 Å². The maximum absolute atomic E-state index is 10.2. The minimum Gasteiger partial charge on any atom is -0.0616 e. The number of hydrogen-bond acceptors (Lipinski definition) is 0. The molecule has 44 heavy (non-hydrogen) atoms. The van der Waals surface area contributed by atoms with Crippen LogP contribution in [-0.2, 0) is 0 Å². The van der Waals surface area contributed by atoms with Crippen LogP contribution >= 0.6 is 0 Å². The zero-order valence-corrected chi connectivity index (χ0v) is 22.0. The second-order valence-corrected chi connectivity index (χ2v) is 9.50. The van der Waals surface area contributed by atoms with E-state index in [2.05, 4.69) is 0 Å². The molecule has 0 heterocycles. The van der Waals surface area contributed by atoms with Gasteiger partial charge in [-0.3, -0.25) is 0 Å². The molecule has 0 radical (unpaired) electrons. The van der Waals surface area contributed by atoms with Crippen LogP contribution < -0.4 is 0 Å². The number of benzene rings is 9. The van der Waals surface area contributed by atoms with E-state index >= 15 is 0 Å². The third-order valence-electron chi connectivity index (χ3n) is 7.06. The fourth-order valence-electron chi connectivity index (χ4n) is 5.16. The topological polar surface area (TPSA) is 0 Å². The fourth-order valence-corrected chi connectivity index (χ4v) is 5.16. The minimum absolute atomic E-state index is 0.618. The average Bonchev–Trinajstić information content (AvgIpc) is 3.34. The van der Waals surface area contributed by atoms with Crippen LogP contribution in [0.3, 0.4) is 0 Å². The molecule has 0 aliphatic carbocycles. The maximum Gasteiger partial charge on any atom is 0.0636 e. The third-order valence-corrected chi connectivity index (χ3v) is 7.06. The highest BCUT2D eigenvalue weighted by Gasteiger charge is 2.18. The molecule has 9 aromatic carbocycles. The lowest BCUT2D eigenvalue weighted by molar-refractivity contribution is 1.66. The highest BCUT2D eigenvalue weighted by molar-refractivity contribution is 6.22. The number of rotatable bonds is 3. The molecule has 0 aromatic heterocycles. The zero-order valence-electron chi connectivity index (χ0n) is 50.0. The Labute approximate surface area is 295 Å². The lowest BCUT2D eigenvalue weighted by Crippen LogP contribution is -1.92. The summed E-state index contributed by atoms with van der Waals surface area (Å²) in [4.78, 5) is 0. The van der Waals surface area contributed by atoms with Gasteiger partial charge in [-0.2, -0.15) is 0 Å². The van der Waals surface area contributed by atoms with Crippen LogP contribution in [0.5, 0.6) is 0 Å². The van der Waals surface area contributed by atoms with Crippen LogP contribution in [0.15, 0.2) is 169 Å². The standard InChI is InChI=1S/C44H28/c1-3-13-32-26-35(22-20-29(32)10-1)43-39-17-7-8-18-40(39)44(36-23-21-30-11-2-4-14-33(30)27-36)42-28-34(24-25-41(42)43)38-19-9-15-31-12-5-6-16-37(31)38/h1-28H/i1D,2D,3D,4D,5D,6D,7D,8D,9D,10D,11D,12D,13D,14D,15D,16D,17D,18D,19D,20D,21D,22D,23D,24D,25D,26D,27D,28D. The van der Waals surface area contributed by atoms with E-state index in [-0.39, 0.29) is 0 Å². The SMILES string of the molecule is [2H]c1c([2H])c([2H])c2c([2H])c(-c3c4c([2H])c([2H])c([2H])c([2H])c4c(-c4c([2H])c([2H])c5c([2H])c([2H])c([2H])c([2H])c5c4[2H])c4c([2H])c(-c5c([2H])c([2H])c([2H])c6c([2H])c([2H])c([2H])c([2H])c56)c([2H])c([2H])c34)c([2H])c([2H])c2c1[2H]. The molecule has 0 aliphatic rings. The molecule has 0 N–H and O–H groups in total. The summed E-state index contributed by atoms with van der Waals surface area (Å²) in [6.45, 7) is 0. The van der Waals surface area contributed by atoms with Crippen LogP contribution in [-0.4, -0.2) is 0 Å². The third kappa shape index (κ3) is 3.92. The monoisotopic (exact) mass is 584 g/mol. The van der Waals surface area contributed by atoms with Crippen LogP contribution in [0.2, 0.25) is 0 Å². The van der Waals surface area contributed by atoms with Crippen molar-refractivity contribution in [3.63, 3.8) is 0 Å². The van der Waals surface area contributed by atoms with Crippen molar-refractivity contribution >= 4 is 53.9 Å². The van der Waals surface area contributed by atoms with Crippen molar-refractivity contribution < 1.29 is 38.4 Å². The highest BCUT2D eigenvalue weighted by atomic mass is 14.2. The Bertz CT molecular complexity index is 4110. The number of hydrogen-bond donors (Lipinski definition) is 0. The second-order valence-electron chi connectivity index (χ2n) is 9.50. The summed E-state index contributed by atoms with van der Waals surface area (Å²) in [5.74, 6) is 0. The summed E-state index contributed by atoms with van der Waals surface area (Å²) in [6.07, 6.45) is 0. The summed E-state index contributed by atoms with van der Waals surface area (Å²) in [6, 6.07) is -26.8. The van der Waals surface area contributed by atoms with E-state index in [0.29, 0.717) is 0 Å². The molecule has 0 saturated heterocycles. The first-order valence-corrected chi connectivity index (χ1v) is 13.0. The Hall–Kier alpha value is -5.72. The van der Waals surface area contributed by atoms with Gasteiger partial charge in [0.15, 0.2) is 0 Å². The van der Waals surface area contributed by atoms with Gasteiger partial charge >= 0.3 is 0 Å². The van der Waals surface area contributed by atoms with Crippen molar-refractivity contribution in [1.29, 1.82) is 0 Å². The van der Waals surface area contributed by atoms with Gasteiger partial charge in [-0.15, -0.1) is 0 Å². The molecule has 0 saturated carbocycles. The lowest BCUT2D eigenvalue weighted by atomic mass is 9.84. The normalized spacial score (nSPS) is 20.5. The predicted octanol–water partition coefficient (Wildman–Crippen LogP) is 12.5. The van der Waals surface area contributed by atoms with E-state index in [9.17, 15) is 15.1 Å². The average molecular weight is 585 g/mol. The quantitative estimate of drug-likeness (QED) is 0.181. The van der Waals surface area contributed by atoms with E-state index in [1.165, 1.54) is 0 Å². The molecule has 0 heteroatoms. The fraction of sp³-hybridized carbons (Fsp3) is 0.